The van der Waals surface area contributed by atoms with Crippen molar-refractivity contribution < 1.29 is 14.3 Å². The molecule has 0 unspecified atom stereocenters. The molecule has 0 atom stereocenters. The molecule has 0 aliphatic carbocycles. The molecule has 0 aliphatic heterocycles. The lowest BCUT2D eigenvalue weighted by molar-refractivity contribution is -0.140. The van der Waals surface area contributed by atoms with E-state index in [4.69, 9.17) is 4.74 Å². The van der Waals surface area contributed by atoms with E-state index < -0.39 is 0 Å². The van der Waals surface area contributed by atoms with Crippen LogP contribution in [-0.4, -0.2) is 36.2 Å². The maximum absolute atomic E-state index is 11.0. The summed E-state index contributed by atoms with van der Waals surface area (Å²) in [6.45, 7) is 5.41. The molecule has 0 aliphatic rings. The number of carbonyl (C=O) groups is 1. The summed E-state index contributed by atoms with van der Waals surface area (Å²) >= 11 is 0. The third-order valence-electron chi connectivity index (χ3n) is 2.85. The summed E-state index contributed by atoms with van der Waals surface area (Å²) in [6.07, 6.45) is 4.19. The molecule has 1 aromatic rings. The number of esters is 1. The summed E-state index contributed by atoms with van der Waals surface area (Å²) in [7, 11) is 1.41. The van der Waals surface area contributed by atoms with Gasteiger partial charge in [0.05, 0.1) is 13.7 Å². The summed E-state index contributed by atoms with van der Waals surface area (Å²) in [6, 6.07) is 1.83. The van der Waals surface area contributed by atoms with E-state index in [0.717, 1.165) is 37.9 Å². The molecular formula is C15H25N3O3. The van der Waals surface area contributed by atoms with Gasteiger partial charge in [0, 0.05) is 24.7 Å². The molecular weight excluding hydrogens is 270 g/mol. The van der Waals surface area contributed by atoms with Gasteiger partial charge in [-0.05, 0) is 26.2 Å². The molecule has 1 rings (SSSR count). The lowest BCUT2D eigenvalue weighted by atomic mass is 10.2. The zero-order valence-corrected chi connectivity index (χ0v) is 13.1. The molecule has 0 aromatic carbocycles. The van der Waals surface area contributed by atoms with Gasteiger partial charge in [-0.2, -0.15) is 4.98 Å². The molecule has 1 aromatic heterocycles. The second-order valence-corrected chi connectivity index (χ2v) is 4.83. The molecule has 0 saturated heterocycles. The average Bonchev–Trinajstić information content (AvgIpc) is 2.47. The highest BCUT2D eigenvalue weighted by molar-refractivity contribution is 5.68. The van der Waals surface area contributed by atoms with Crippen LogP contribution in [0.5, 0.6) is 5.88 Å². The Hall–Kier alpha value is -1.85. The predicted octanol–water partition coefficient (Wildman–Crippen LogP) is 2.72. The largest absolute Gasteiger partial charge is 0.478 e. The number of carbonyl (C=O) groups excluding carboxylic acids is 1. The normalized spacial score (nSPS) is 10.2. The lowest BCUT2D eigenvalue weighted by Gasteiger charge is -2.08. The van der Waals surface area contributed by atoms with Gasteiger partial charge in [-0.25, -0.2) is 4.98 Å². The third kappa shape index (κ3) is 7.48. The quantitative estimate of drug-likeness (QED) is 0.528. The highest BCUT2D eigenvalue weighted by Gasteiger charge is 2.03. The summed E-state index contributed by atoms with van der Waals surface area (Å²) in [5, 5.41) is 3.19. The van der Waals surface area contributed by atoms with Crippen molar-refractivity contribution in [2.45, 2.75) is 46.0 Å². The zero-order valence-electron chi connectivity index (χ0n) is 13.1. The van der Waals surface area contributed by atoms with Crippen LogP contribution in [-0.2, 0) is 9.53 Å². The monoisotopic (exact) mass is 295 g/mol. The number of unbranched alkanes of at least 4 members (excludes halogenated alkanes) is 2. The summed E-state index contributed by atoms with van der Waals surface area (Å²) in [5.74, 6) is 1.05. The van der Waals surface area contributed by atoms with Gasteiger partial charge in [-0.3, -0.25) is 4.79 Å². The van der Waals surface area contributed by atoms with Crippen LogP contribution in [0, 0.1) is 6.92 Å². The van der Waals surface area contributed by atoms with Crippen molar-refractivity contribution in [1.29, 1.82) is 0 Å². The molecule has 118 valence electrons. The van der Waals surface area contributed by atoms with Crippen molar-refractivity contribution in [3.05, 3.63) is 11.8 Å². The summed E-state index contributed by atoms with van der Waals surface area (Å²) < 4.78 is 10.1. The first-order chi connectivity index (χ1) is 10.2. The fourth-order valence-electron chi connectivity index (χ4n) is 1.77. The number of nitrogens with one attached hydrogen (secondary N) is 1. The van der Waals surface area contributed by atoms with Gasteiger partial charge in [0.2, 0.25) is 11.8 Å². The predicted molar refractivity (Wildman–Crippen MR) is 81.5 cm³/mol. The maximum Gasteiger partial charge on any atom is 0.305 e. The zero-order chi connectivity index (χ0) is 15.5. The van der Waals surface area contributed by atoms with Crippen molar-refractivity contribution >= 4 is 11.9 Å². The van der Waals surface area contributed by atoms with Crippen LogP contribution in [0.15, 0.2) is 6.07 Å². The van der Waals surface area contributed by atoms with Gasteiger partial charge in [-0.1, -0.05) is 13.3 Å². The van der Waals surface area contributed by atoms with Crippen molar-refractivity contribution in [2.24, 2.45) is 0 Å². The maximum atomic E-state index is 11.0. The minimum Gasteiger partial charge on any atom is -0.478 e. The number of nitrogens with zero attached hydrogens (tertiary/aromatic N) is 2. The number of hydrogen-bond acceptors (Lipinski definition) is 6. The second-order valence-electron chi connectivity index (χ2n) is 4.83. The van der Waals surface area contributed by atoms with E-state index in [-0.39, 0.29) is 5.97 Å². The number of anilines is 1. The van der Waals surface area contributed by atoms with Crippen LogP contribution in [0.3, 0.4) is 0 Å². The smallest absolute Gasteiger partial charge is 0.305 e. The molecule has 0 spiro atoms. The van der Waals surface area contributed by atoms with E-state index in [2.05, 4.69) is 26.9 Å². The second kappa shape index (κ2) is 9.96. The molecule has 0 bridgehead atoms. The van der Waals surface area contributed by atoms with Crippen molar-refractivity contribution in [1.82, 2.24) is 9.97 Å². The fourth-order valence-corrected chi connectivity index (χ4v) is 1.77. The van der Waals surface area contributed by atoms with E-state index in [1.807, 2.05) is 13.0 Å². The lowest BCUT2D eigenvalue weighted by Crippen LogP contribution is -2.08. The number of hydrogen-bond donors (Lipinski definition) is 1. The molecule has 21 heavy (non-hydrogen) atoms. The Bertz CT molecular complexity index is 438. The van der Waals surface area contributed by atoms with Gasteiger partial charge in [0.1, 0.15) is 0 Å². The Labute approximate surface area is 126 Å². The number of ether oxygens (including phenoxy) is 2. The van der Waals surface area contributed by atoms with E-state index in [1.165, 1.54) is 7.11 Å². The molecule has 0 saturated carbocycles. The van der Waals surface area contributed by atoms with Gasteiger partial charge in [0.15, 0.2) is 0 Å². The standard InChI is InChI=1S/C15H25N3O3/c1-4-10-21-13-11-12(2)17-15(18-13)16-9-7-5-6-8-14(19)20-3/h11H,4-10H2,1-3H3,(H,16,17,18). The number of rotatable bonds is 10. The van der Waals surface area contributed by atoms with Crippen molar-refractivity contribution in [2.75, 3.05) is 25.6 Å². The molecule has 0 radical (unpaired) electrons. The highest BCUT2D eigenvalue weighted by atomic mass is 16.5. The third-order valence-corrected chi connectivity index (χ3v) is 2.85. The van der Waals surface area contributed by atoms with Crippen LogP contribution < -0.4 is 10.1 Å². The first kappa shape index (κ1) is 17.2. The first-order valence-corrected chi connectivity index (χ1v) is 7.45. The van der Waals surface area contributed by atoms with Crippen LogP contribution in [0.1, 0.15) is 44.7 Å². The Balaban J connectivity index is 2.28. The molecule has 6 nitrogen and oxygen atoms in total. The van der Waals surface area contributed by atoms with Gasteiger partial charge < -0.3 is 14.8 Å². The van der Waals surface area contributed by atoms with Gasteiger partial charge in [0.25, 0.3) is 0 Å². The minimum absolute atomic E-state index is 0.150. The van der Waals surface area contributed by atoms with E-state index >= 15 is 0 Å². The number of aromatic nitrogens is 2. The Morgan fingerprint density at radius 1 is 1.29 bits per heavy atom. The summed E-state index contributed by atoms with van der Waals surface area (Å²) in [4.78, 5) is 19.6. The Morgan fingerprint density at radius 3 is 2.81 bits per heavy atom. The fraction of sp³-hybridized carbons (Fsp3) is 0.667. The number of methoxy groups -OCH3 is 1. The summed E-state index contributed by atoms with van der Waals surface area (Å²) in [5.41, 5.74) is 0.879. The van der Waals surface area contributed by atoms with Crippen LogP contribution in [0.2, 0.25) is 0 Å². The molecule has 1 N–H and O–H groups in total. The average molecular weight is 295 g/mol. The van der Waals surface area contributed by atoms with Gasteiger partial charge >= 0.3 is 5.97 Å². The van der Waals surface area contributed by atoms with Gasteiger partial charge in [-0.15, -0.1) is 0 Å². The topological polar surface area (TPSA) is 73.3 Å². The molecule has 6 heteroatoms. The van der Waals surface area contributed by atoms with Crippen molar-refractivity contribution in [3.8, 4) is 5.88 Å². The minimum atomic E-state index is -0.150. The highest BCUT2D eigenvalue weighted by Crippen LogP contribution is 2.12. The Kier molecular flexibility index (Phi) is 8.16. The Morgan fingerprint density at radius 2 is 2.10 bits per heavy atom. The first-order valence-electron chi connectivity index (χ1n) is 7.45. The molecule has 1 heterocycles. The van der Waals surface area contributed by atoms with E-state index in [9.17, 15) is 4.79 Å². The number of aryl methyl sites for hydroxylation is 1. The van der Waals surface area contributed by atoms with Crippen LogP contribution >= 0.6 is 0 Å². The SMILES string of the molecule is CCCOc1cc(C)nc(NCCCCCC(=O)OC)n1. The van der Waals surface area contributed by atoms with Crippen molar-refractivity contribution in [3.63, 3.8) is 0 Å². The molecule has 0 amide bonds. The molecule has 0 fully saturated rings. The van der Waals surface area contributed by atoms with E-state index in [1.54, 1.807) is 0 Å². The van der Waals surface area contributed by atoms with Crippen LogP contribution in [0.4, 0.5) is 5.95 Å². The van der Waals surface area contributed by atoms with E-state index in [0.29, 0.717) is 24.9 Å². The van der Waals surface area contributed by atoms with Crippen LogP contribution in [0.25, 0.3) is 0 Å².